The first-order valence-electron chi connectivity index (χ1n) is 10.9. The van der Waals surface area contributed by atoms with Gasteiger partial charge in [0, 0.05) is 24.5 Å². The van der Waals surface area contributed by atoms with Crippen molar-refractivity contribution in [3.63, 3.8) is 0 Å². The number of carbonyl (C=O) groups is 4. The van der Waals surface area contributed by atoms with E-state index in [-0.39, 0.29) is 36.6 Å². The molecule has 0 atom stereocenters. The number of hydrogen-bond acceptors (Lipinski definition) is 7. The molecule has 3 rings (SSSR count). The highest BCUT2D eigenvalue weighted by Crippen LogP contribution is 2.31. The minimum absolute atomic E-state index is 0.136. The molecule has 1 aliphatic heterocycles. The van der Waals surface area contributed by atoms with Crippen molar-refractivity contribution in [2.24, 2.45) is 5.92 Å². The number of nitrogens with one attached hydrogen (secondary N) is 2. The van der Waals surface area contributed by atoms with E-state index >= 15 is 0 Å². The van der Waals surface area contributed by atoms with E-state index in [2.05, 4.69) is 10.6 Å². The van der Waals surface area contributed by atoms with E-state index in [9.17, 15) is 24.0 Å². The van der Waals surface area contributed by atoms with Gasteiger partial charge in [0.25, 0.3) is 0 Å². The molecular weight excluding hydrogens is 482 g/mol. The monoisotopic (exact) mass is 507 g/mol. The van der Waals surface area contributed by atoms with E-state index in [1.54, 1.807) is 13.0 Å². The molecule has 1 saturated heterocycles. The number of likely N-dealkylation sites (tertiary alicyclic amines) is 1. The van der Waals surface area contributed by atoms with Crippen LogP contribution < -0.4 is 21.0 Å². The number of ether oxygens (including phenoxy) is 1. The van der Waals surface area contributed by atoms with Gasteiger partial charge in [-0.15, -0.1) is 0 Å². The number of carbonyl (C=O) groups excluding carboxylic acids is 3. The van der Waals surface area contributed by atoms with Crippen LogP contribution in [0.2, 0.25) is 5.02 Å². The molecule has 1 aromatic heterocycles. The van der Waals surface area contributed by atoms with E-state index in [4.69, 9.17) is 25.9 Å². The Hall–Kier alpha value is -3.60. The minimum Gasteiger partial charge on any atom is -0.495 e. The van der Waals surface area contributed by atoms with Crippen molar-refractivity contribution in [2.75, 3.05) is 33.3 Å². The number of aliphatic carboxylic acids is 1. The molecule has 0 saturated carbocycles. The second-order valence-electron chi connectivity index (χ2n) is 8.20. The maximum Gasteiger partial charge on any atom is 0.340 e. The fourth-order valence-corrected chi connectivity index (χ4v) is 4.12. The summed E-state index contributed by atoms with van der Waals surface area (Å²) in [6, 6.07) is 3.08. The molecule has 0 radical (unpaired) electrons. The molecule has 0 aliphatic carbocycles. The van der Waals surface area contributed by atoms with Gasteiger partial charge in [-0.25, -0.2) is 4.79 Å². The van der Waals surface area contributed by atoms with Crippen molar-refractivity contribution < 1.29 is 33.4 Å². The summed E-state index contributed by atoms with van der Waals surface area (Å²) in [7, 11) is 1.44. The maximum absolute atomic E-state index is 12.4. The highest BCUT2D eigenvalue weighted by molar-refractivity contribution is 6.32. The van der Waals surface area contributed by atoms with Crippen LogP contribution in [0.25, 0.3) is 11.0 Å². The Morgan fingerprint density at radius 2 is 1.80 bits per heavy atom. The number of piperidine rings is 1. The largest absolute Gasteiger partial charge is 0.495 e. The average Bonchev–Trinajstić information content (AvgIpc) is 2.84. The highest BCUT2D eigenvalue weighted by Gasteiger charge is 2.27. The van der Waals surface area contributed by atoms with Gasteiger partial charge in [0.15, 0.2) is 0 Å². The lowest BCUT2D eigenvalue weighted by atomic mass is 9.97. The minimum atomic E-state index is -0.873. The van der Waals surface area contributed by atoms with Gasteiger partial charge in [-0.1, -0.05) is 11.6 Å². The Bertz CT molecular complexity index is 1220. The maximum atomic E-state index is 12.4. The van der Waals surface area contributed by atoms with Crippen LogP contribution in [0.15, 0.2) is 21.3 Å². The third kappa shape index (κ3) is 6.30. The quantitative estimate of drug-likeness (QED) is 0.444. The number of rotatable bonds is 8. The third-order valence-corrected chi connectivity index (χ3v) is 6.27. The van der Waals surface area contributed by atoms with Gasteiger partial charge in [0.2, 0.25) is 17.7 Å². The predicted octanol–water partition coefficient (Wildman–Crippen LogP) is 0.862. The van der Waals surface area contributed by atoms with Crippen LogP contribution in [0.3, 0.4) is 0 Å². The van der Waals surface area contributed by atoms with Crippen molar-refractivity contribution in [3.8, 4) is 5.75 Å². The van der Waals surface area contributed by atoms with Gasteiger partial charge in [-0.2, -0.15) is 0 Å². The summed E-state index contributed by atoms with van der Waals surface area (Å²) in [5, 5.41) is 14.7. The van der Waals surface area contributed by atoms with Crippen molar-refractivity contribution >= 4 is 46.3 Å². The van der Waals surface area contributed by atoms with Gasteiger partial charge in [0.05, 0.1) is 43.1 Å². The molecule has 3 amide bonds. The van der Waals surface area contributed by atoms with Crippen LogP contribution in [0.4, 0.5) is 0 Å². The molecule has 12 heteroatoms. The number of nitrogens with zero attached hydrogens (tertiary/aromatic N) is 1. The van der Waals surface area contributed by atoms with Crippen LogP contribution in [-0.2, 0) is 25.6 Å². The molecule has 3 N–H and O–H groups in total. The molecule has 188 valence electrons. The summed E-state index contributed by atoms with van der Waals surface area (Å²) in [5.74, 6) is -2.46. The van der Waals surface area contributed by atoms with Crippen LogP contribution in [-0.4, -0.2) is 67.0 Å². The fraction of sp³-hybridized carbons (Fsp3) is 0.435. The van der Waals surface area contributed by atoms with Crippen LogP contribution in [0, 0.1) is 12.8 Å². The number of methoxy groups -OCH3 is 1. The summed E-state index contributed by atoms with van der Waals surface area (Å²) in [6.07, 6.45) is 0.429. The number of hydrogen-bond donors (Lipinski definition) is 3. The molecule has 11 nitrogen and oxygen atoms in total. The lowest BCUT2D eigenvalue weighted by molar-refractivity contribution is -0.145. The highest BCUT2D eigenvalue weighted by atomic mass is 35.5. The molecule has 1 fully saturated rings. The van der Waals surface area contributed by atoms with Gasteiger partial charge >= 0.3 is 11.6 Å². The van der Waals surface area contributed by atoms with Crippen molar-refractivity contribution in [1.29, 1.82) is 0 Å². The van der Waals surface area contributed by atoms with Crippen LogP contribution in [0.1, 0.15) is 24.0 Å². The van der Waals surface area contributed by atoms with Crippen LogP contribution in [0.5, 0.6) is 5.75 Å². The molecule has 0 spiro atoms. The Labute approximate surface area is 205 Å². The first-order chi connectivity index (χ1) is 16.6. The Morgan fingerprint density at radius 3 is 2.43 bits per heavy atom. The molecule has 0 unspecified atom stereocenters. The normalized spacial score (nSPS) is 14.0. The first-order valence-corrected chi connectivity index (χ1v) is 11.3. The van der Waals surface area contributed by atoms with Gasteiger partial charge in [-0.05, 0) is 31.4 Å². The summed E-state index contributed by atoms with van der Waals surface area (Å²) in [4.78, 5) is 61.5. The molecule has 1 aliphatic rings. The van der Waals surface area contributed by atoms with Crippen molar-refractivity contribution in [1.82, 2.24) is 15.5 Å². The summed E-state index contributed by atoms with van der Waals surface area (Å²) in [6.45, 7) is 1.66. The number of fused-ring (bicyclic) bond motifs is 1. The number of carboxylic acids is 1. The Kier molecular flexibility index (Phi) is 8.34. The summed E-state index contributed by atoms with van der Waals surface area (Å²) >= 11 is 6.16. The van der Waals surface area contributed by atoms with Gasteiger partial charge < -0.3 is 29.8 Å². The second-order valence-corrected chi connectivity index (χ2v) is 8.61. The summed E-state index contributed by atoms with van der Waals surface area (Å²) < 4.78 is 10.4. The lowest BCUT2D eigenvalue weighted by Crippen LogP contribution is -2.46. The Morgan fingerprint density at radius 1 is 1.14 bits per heavy atom. The molecule has 35 heavy (non-hydrogen) atoms. The first kappa shape index (κ1) is 26.0. The number of halogens is 1. The molecule has 2 aromatic rings. The SMILES string of the molecule is COc1cc2oc(=O)c(CC(=O)NCC(=O)NCC(=O)N3CCC(C(=O)O)CC3)c(C)c2cc1Cl. The number of benzene rings is 1. The smallest absolute Gasteiger partial charge is 0.340 e. The van der Waals surface area contributed by atoms with E-state index in [0.717, 1.165) is 0 Å². The number of aryl methyl sites for hydroxylation is 1. The average molecular weight is 508 g/mol. The third-order valence-electron chi connectivity index (χ3n) is 5.98. The van der Waals surface area contributed by atoms with Crippen LogP contribution >= 0.6 is 11.6 Å². The lowest BCUT2D eigenvalue weighted by Gasteiger charge is -2.30. The molecule has 2 heterocycles. The zero-order chi connectivity index (χ0) is 25.7. The standard InChI is InChI=1S/C23H26ClN3O8/c1-12-14-7-16(24)18(34-2)9-17(14)35-23(33)15(12)8-19(28)25-10-20(29)26-11-21(30)27-5-3-13(4-6-27)22(31)32/h7,9,13H,3-6,8,10-11H2,1-2H3,(H,25,28)(H,26,29)(H,31,32). The van der Waals surface area contributed by atoms with Crippen molar-refractivity contribution in [3.05, 3.63) is 38.7 Å². The van der Waals surface area contributed by atoms with Crippen molar-refractivity contribution in [2.45, 2.75) is 26.2 Å². The zero-order valence-corrected chi connectivity index (χ0v) is 20.1. The van der Waals surface area contributed by atoms with Gasteiger partial charge in [0.1, 0.15) is 11.3 Å². The Balaban J connectivity index is 1.51. The topological polar surface area (TPSA) is 155 Å². The van der Waals surface area contributed by atoms with E-state index in [1.807, 2.05) is 0 Å². The predicted molar refractivity (Wildman–Crippen MR) is 125 cm³/mol. The fourth-order valence-electron chi connectivity index (χ4n) is 3.88. The second kappa shape index (κ2) is 11.2. The molecule has 1 aromatic carbocycles. The summed E-state index contributed by atoms with van der Waals surface area (Å²) in [5.41, 5.74) is 0.250. The molecular formula is C23H26ClN3O8. The van der Waals surface area contributed by atoms with Gasteiger partial charge in [-0.3, -0.25) is 19.2 Å². The van der Waals surface area contributed by atoms with E-state index in [1.165, 1.54) is 18.1 Å². The number of carboxylic acid groups (broad SMARTS) is 1. The van der Waals surface area contributed by atoms with E-state index in [0.29, 0.717) is 47.7 Å². The van der Waals surface area contributed by atoms with E-state index < -0.39 is 29.3 Å². The number of amides is 3. The zero-order valence-electron chi connectivity index (χ0n) is 19.3. The molecule has 0 bridgehead atoms.